The summed E-state index contributed by atoms with van der Waals surface area (Å²) in [5.74, 6) is 2.16. The molecule has 0 saturated carbocycles. The Morgan fingerprint density at radius 2 is 1.54 bits per heavy atom. The molecular weight excluding hydrogens is 354 g/mol. The molecule has 0 atom stereocenters. The average Bonchev–Trinajstić information content (AvgIpc) is 2.71. The Bertz CT molecular complexity index is 825. The second-order valence-electron chi connectivity index (χ2n) is 6.87. The summed E-state index contributed by atoms with van der Waals surface area (Å²) < 4.78 is 16.0. The second kappa shape index (κ2) is 9.83. The van der Waals surface area contributed by atoms with Gasteiger partial charge in [0.05, 0.1) is 21.3 Å². The molecule has 0 radical (unpaired) electrons. The summed E-state index contributed by atoms with van der Waals surface area (Å²) in [7, 11) is 6.50. The largest absolute Gasteiger partial charge is 0.496 e. The molecule has 5 heteroatoms. The summed E-state index contributed by atoms with van der Waals surface area (Å²) in [4.78, 5) is 14.2. The minimum Gasteiger partial charge on any atom is -0.496 e. The molecule has 2 aromatic rings. The van der Waals surface area contributed by atoms with Gasteiger partial charge in [-0.2, -0.15) is 0 Å². The van der Waals surface area contributed by atoms with Gasteiger partial charge in [-0.15, -0.1) is 0 Å². The molecule has 2 rings (SSSR count). The van der Waals surface area contributed by atoms with Crippen LogP contribution in [0.15, 0.2) is 42.5 Å². The number of hydrogen-bond acceptors (Lipinski definition) is 4. The minimum atomic E-state index is -0.0928. The maximum Gasteiger partial charge on any atom is 0.246 e. The van der Waals surface area contributed by atoms with E-state index in [0.717, 1.165) is 11.1 Å². The lowest BCUT2D eigenvalue weighted by molar-refractivity contribution is -0.125. The number of amides is 1. The molecule has 0 fully saturated rings. The highest BCUT2D eigenvalue weighted by atomic mass is 16.5. The number of hydrogen-bond donors (Lipinski definition) is 0. The van der Waals surface area contributed by atoms with Gasteiger partial charge in [0.2, 0.25) is 5.91 Å². The summed E-state index contributed by atoms with van der Waals surface area (Å²) >= 11 is 0. The fourth-order valence-electron chi connectivity index (χ4n) is 2.83. The molecule has 0 N–H and O–H groups in total. The van der Waals surface area contributed by atoms with Crippen molar-refractivity contribution in [2.75, 3.05) is 28.4 Å². The van der Waals surface area contributed by atoms with Crippen LogP contribution in [0.25, 0.3) is 6.08 Å². The zero-order chi connectivity index (χ0) is 20.7. The number of carbonyl (C=O) groups excluding carboxylic acids is 1. The van der Waals surface area contributed by atoms with Crippen LogP contribution in [0.1, 0.15) is 36.5 Å². The van der Waals surface area contributed by atoms with E-state index in [1.807, 2.05) is 0 Å². The van der Waals surface area contributed by atoms with Gasteiger partial charge in [0, 0.05) is 31.3 Å². The first-order chi connectivity index (χ1) is 13.4. The van der Waals surface area contributed by atoms with Gasteiger partial charge in [0.15, 0.2) is 11.5 Å². The lowest BCUT2D eigenvalue weighted by Gasteiger charge is -2.16. The van der Waals surface area contributed by atoms with Crippen LogP contribution in [-0.2, 0) is 11.3 Å². The Labute approximate surface area is 167 Å². The fraction of sp³-hybridized carbons (Fsp3) is 0.348. The van der Waals surface area contributed by atoms with Crippen LogP contribution in [0.4, 0.5) is 0 Å². The Morgan fingerprint density at radius 1 is 0.964 bits per heavy atom. The molecule has 0 heterocycles. The van der Waals surface area contributed by atoms with Crippen molar-refractivity contribution in [3.8, 4) is 17.2 Å². The number of rotatable bonds is 8. The molecule has 150 valence electrons. The van der Waals surface area contributed by atoms with Crippen molar-refractivity contribution in [3.63, 3.8) is 0 Å². The van der Waals surface area contributed by atoms with Gasteiger partial charge in [-0.3, -0.25) is 4.79 Å². The molecule has 0 spiro atoms. The van der Waals surface area contributed by atoms with Crippen molar-refractivity contribution < 1.29 is 19.0 Å². The van der Waals surface area contributed by atoms with Crippen molar-refractivity contribution in [1.82, 2.24) is 4.90 Å². The van der Waals surface area contributed by atoms with Crippen LogP contribution in [0, 0.1) is 0 Å². The molecule has 28 heavy (non-hydrogen) atoms. The Kier molecular flexibility index (Phi) is 7.50. The highest BCUT2D eigenvalue weighted by Gasteiger charge is 2.11. The van der Waals surface area contributed by atoms with Crippen molar-refractivity contribution in [2.45, 2.75) is 26.3 Å². The van der Waals surface area contributed by atoms with Crippen molar-refractivity contribution >= 4 is 12.0 Å². The molecule has 0 aliphatic heterocycles. The number of nitrogens with zero attached hydrogens (tertiary/aromatic N) is 1. The molecule has 2 aromatic carbocycles. The Balaban J connectivity index is 2.11. The van der Waals surface area contributed by atoms with Crippen molar-refractivity contribution in [2.24, 2.45) is 0 Å². The van der Waals surface area contributed by atoms with E-state index in [1.165, 1.54) is 11.6 Å². The Morgan fingerprint density at radius 3 is 2.07 bits per heavy atom. The predicted octanol–water partition coefficient (Wildman–Crippen LogP) is 4.51. The van der Waals surface area contributed by atoms with E-state index in [4.69, 9.17) is 14.2 Å². The van der Waals surface area contributed by atoms with Gasteiger partial charge in [0.25, 0.3) is 0 Å². The van der Waals surface area contributed by atoms with E-state index >= 15 is 0 Å². The monoisotopic (exact) mass is 383 g/mol. The van der Waals surface area contributed by atoms with Crippen molar-refractivity contribution in [3.05, 3.63) is 59.2 Å². The van der Waals surface area contributed by atoms with Gasteiger partial charge in [0.1, 0.15) is 5.75 Å². The van der Waals surface area contributed by atoms with Gasteiger partial charge in [-0.25, -0.2) is 0 Å². The van der Waals surface area contributed by atoms with Crippen molar-refractivity contribution in [1.29, 1.82) is 0 Å². The molecule has 0 unspecified atom stereocenters. The van der Waals surface area contributed by atoms with E-state index in [0.29, 0.717) is 29.7 Å². The average molecular weight is 383 g/mol. The number of carbonyl (C=O) groups is 1. The minimum absolute atomic E-state index is 0.0928. The maximum atomic E-state index is 12.5. The standard InChI is InChI=1S/C23H29NO4/c1-16(2)18-9-7-17(8-10-18)15-24(3)23(25)12-11-19-13-21(27-5)22(28-6)14-20(19)26-4/h7-14,16H,15H2,1-6H3/b12-11+. The van der Waals surface area contributed by atoms with Gasteiger partial charge >= 0.3 is 0 Å². The third-order valence-electron chi connectivity index (χ3n) is 4.58. The normalized spacial score (nSPS) is 11.0. The highest BCUT2D eigenvalue weighted by molar-refractivity contribution is 5.92. The topological polar surface area (TPSA) is 48.0 Å². The number of methoxy groups -OCH3 is 3. The zero-order valence-electron chi connectivity index (χ0n) is 17.5. The van der Waals surface area contributed by atoms with Gasteiger partial charge in [-0.1, -0.05) is 38.1 Å². The molecular formula is C23H29NO4. The highest BCUT2D eigenvalue weighted by Crippen LogP contribution is 2.35. The third kappa shape index (κ3) is 5.28. The number of ether oxygens (including phenoxy) is 3. The predicted molar refractivity (Wildman–Crippen MR) is 112 cm³/mol. The molecule has 0 aromatic heterocycles. The van der Waals surface area contributed by atoms with Gasteiger partial charge < -0.3 is 19.1 Å². The van der Waals surface area contributed by atoms with E-state index in [1.54, 1.807) is 51.5 Å². The van der Waals surface area contributed by atoms with Crippen LogP contribution in [0.3, 0.4) is 0 Å². The lowest BCUT2D eigenvalue weighted by Crippen LogP contribution is -2.24. The summed E-state index contributed by atoms with van der Waals surface area (Å²) in [6.45, 7) is 4.88. The molecule has 0 bridgehead atoms. The van der Waals surface area contributed by atoms with Crippen LogP contribution >= 0.6 is 0 Å². The molecule has 0 saturated heterocycles. The zero-order valence-corrected chi connectivity index (χ0v) is 17.5. The summed E-state index contributed by atoms with van der Waals surface area (Å²) in [5, 5.41) is 0. The van der Waals surface area contributed by atoms with Gasteiger partial charge in [-0.05, 0) is 29.2 Å². The third-order valence-corrected chi connectivity index (χ3v) is 4.58. The quantitative estimate of drug-likeness (QED) is 0.630. The van der Waals surface area contributed by atoms with E-state index in [-0.39, 0.29) is 5.91 Å². The Hall–Kier alpha value is -2.95. The smallest absolute Gasteiger partial charge is 0.246 e. The number of benzene rings is 2. The molecule has 1 amide bonds. The molecule has 5 nitrogen and oxygen atoms in total. The summed E-state index contributed by atoms with van der Waals surface area (Å²) in [5.41, 5.74) is 3.12. The van der Waals surface area contributed by atoms with Crippen LogP contribution < -0.4 is 14.2 Å². The first-order valence-electron chi connectivity index (χ1n) is 9.21. The number of likely N-dealkylation sites (N-methyl/N-ethyl adjacent to an activating group) is 1. The van der Waals surface area contributed by atoms with Crippen LogP contribution in [0.2, 0.25) is 0 Å². The first-order valence-corrected chi connectivity index (χ1v) is 9.21. The molecule has 0 aliphatic carbocycles. The second-order valence-corrected chi connectivity index (χ2v) is 6.87. The fourth-order valence-corrected chi connectivity index (χ4v) is 2.83. The summed E-state index contributed by atoms with van der Waals surface area (Å²) in [6, 6.07) is 11.9. The van der Waals surface area contributed by atoms with E-state index in [9.17, 15) is 4.79 Å². The molecule has 0 aliphatic rings. The van der Waals surface area contributed by atoms with Crippen LogP contribution in [0.5, 0.6) is 17.2 Å². The lowest BCUT2D eigenvalue weighted by atomic mass is 10.0. The maximum absolute atomic E-state index is 12.5. The first kappa shape index (κ1) is 21.4. The van der Waals surface area contributed by atoms with E-state index < -0.39 is 0 Å². The van der Waals surface area contributed by atoms with Crippen LogP contribution in [-0.4, -0.2) is 39.2 Å². The SMILES string of the molecule is COc1cc(OC)c(OC)cc1/C=C/C(=O)N(C)Cc1ccc(C(C)C)cc1. The summed E-state index contributed by atoms with van der Waals surface area (Å²) in [6.07, 6.45) is 3.26. The van der Waals surface area contributed by atoms with E-state index in [2.05, 4.69) is 38.1 Å².